The number of aromatic nitrogens is 7. The maximum Gasteiger partial charge on any atom is 0.418 e. The van der Waals surface area contributed by atoms with Gasteiger partial charge in [0.05, 0.1) is 17.1 Å². The summed E-state index contributed by atoms with van der Waals surface area (Å²) in [5.41, 5.74) is -1.24. The van der Waals surface area contributed by atoms with E-state index in [0.717, 1.165) is 12.4 Å². The van der Waals surface area contributed by atoms with Crippen LogP contribution in [0, 0.1) is 0 Å². The topological polar surface area (TPSA) is 123 Å². The number of alkyl halides is 3. The van der Waals surface area contributed by atoms with Crippen molar-refractivity contribution in [2.24, 2.45) is 0 Å². The molecule has 3 heterocycles. The highest BCUT2D eigenvalue weighted by atomic mass is 35.5. The lowest BCUT2D eigenvalue weighted by atomic mass is 10.1. The normalized spacial score (nSPS) is 12.5. The summed E-state index contributed by atoms with van der Waals surface area (Å²) < 4.78 is 41.8. The van der Waals surface area contributed by atoms with Gasteiger partial charge in [-0.3, -0.25) is 4.79 Å². The third-order valence-corrected chi connectivity index (χ3v) is 4.72. The maximum atomic E-state index is 13.5. The van der Waals surface area contributed by atoms with Gasteiger partial charge in [0.1, 0.15) is 30.6 Å². The molecule has 0 aliphatic rings. The van der Waals surface area contributed by atoms with Gasteiger partial charge in [-0.2, -0.15) is 23.0 Å². The van der Waals surface area contributed by atoms with Crippen molar-refractivity contribution in [1.29, 1.82) is 0 Å². The fourth-order valence-corrected chi connectivity index (χ4v) is 3.39. The second-order valence-corrected chi connectivity index (χ2v) is 7.34. The molecule has 1 atom stereocenters. The molecule has 4 rings (SSSR count). The Morgan fingerprint density at radius 3 is 2.55 bits per heavy atom. The fourth-order valence-electron chi connectivity index (χ4n) is 3.17. The second-order valence-electron chi connectivity index (χ2n) is 6.91. The number of halogens is 4. The van der Waals surface area contributed by atoms with E-state index in [-0.39, 0.29) is 33.5 Å². The van der Waals surface area contributed by atoms with Crippen LogP contribution in [-0.4, -0.2) is 40.6 Å². The Morgan fingerprint density at radius 1 is 1.06 bits per heavy atom. The Labute approximate surface area is 189 Å². The molecule has 0 spiro atoms. The van der Waals surface area contributed by atoms with Crippen molar-refractivity contribution in [2.45, 2.75) is 26.1 Å². The number of anilines is 2. The Kier molecular flexibility index (Phi) is 5.80. The SMILES string of the molecule is CC(=O)Nc1cc(-n2ncnc2[C@H](C)Nc2ncnc3c(C(F)(F)F)cc(Cl)cc23)ncn1. The molecule has 0 unspecified atom stereocenters. The number of nitrogens with one attached hydrogen (secondary N) is 2. The fraction of sp³-hybridized carbons (Fsp3) is 0.211. The summed E-state index contributed by atoms with van der Waals surface area (Å²) >= 11 is 5.94. The van der Waals surface area contributed by atoms with Crippen LogP contribution >= 0.6 is 11.6 Å². The molecular formula is C19H15ClF3N9O. The van der Waals surface area contributed by atoms with Crippen LogP contribution < -0.4 is 10.6 Å². The van der Waals surface area contributed by atoms with E-state index in [2.05, 4.69) is 40.7 Å². The van der Waals surface area contributed by atoms with Crippen LogP contribution in [0.25, 0.3) is 16.7 Å². The molecular weight excluding hydrogens is 463 g/mol. The summed E-state index contributed by atoms with van der Waals surface area (Å²) in [6.07, 6.45) is -1.05. The summed E-state index contributed by atoms with van der Waals surface area (Å²) in [6.45, 7) is 3.07. The molecule has 170 valence electrons. The van der Waals surface area contributed by atoms with Crippen molar-refractivity contribution in [1.82, 2.24) is 34.7 Å². The van der Waals surface area contributed by atoms with E-state index in [1.165, 1.54) is 36.4 Å². The summed E-state index contributed by atoms with van der Waals surface area (Å²) in [7, 11) is 0. The van der Waals surface area contributed by atoms with Gasteiger partial charge in [-0.25, -0.2) is 24.9 Å². The van der Waals surface area contributed by atoms with E-state index in [1.54, 1.807) is 6.92 Å². The van der Waals surface area contributed by atoms with Crippen LogP contribution in [-0.2, 0) is 11.0 Å². The van der Waals surface area contributed by atoms with Gasteiger partial charge in [0, 0.05) is 23.4 Å². The van der Waals surface area contributed by atoms with Gasteiger partial charge in [-0.05, 0) is 19.1 Å². The molecule has 0 bridgehead atoms. The number of rotatable bonds is 5. The van der Waals surface area contributed by atoms with Crippen molar-refractivity contribution >= 4 is 40.0 Å². The molecule has 2 N–H and O–H groups in total. The van der Waals surface area contributed by atoms with E-state index in [1.807, 2.05) is 0 Å². The van der Waals surface area contributed by atoms with E-state index >= 15 is 0 Å². The molecule has 3 aromatic heterocycles. The third kappa shape index (κ3) is 4.67. The molecule has 1 aromatic carbocycles. The van der Waals surface area contributed by atoms with Crippen LogP contribution in [0.15, 0.2) is 37.2 Å². The first-order valence-electron chi connectivity index (χ1n) is 9.41. The van der Waals surface area contributed by atoms with Gasteiger partial charge in [0.15, 0.2) is 11.6 Å². The highest BCUT2D eigenvalue weighted by molar-refractivity contribution is 6.31. The number of carbonyl (C=O) groups excluding carboxylic acids is 1. The zero-order valence-corrected chi connectivity index (χ0v) is 17.8. The van der Waals surface area contributed by atoms with Crippen LogP contribution in [0.3, 0.4) is 0 Å². The highest BCUT2D eigenvalue weighted by Gasteiger charge is 2.34. The molecule has 10 nitrogen and oxygen atoms in total. The Hall–Kier alpha value is -3.87. The number of amides is 1. The standard InChI is InChI=1S/C19H15ClF3N9O/c1-9(18-28-8-29-32(18)15-5-14(24-6-25-15)31-10(2)33)30-17-12-3-11(20)4-13(19(21,22)23)16(12)26-7-27-17/h3-9H,1-2H3,(H,26,27,30)(H,24,25,31,33)/t9-/m0/s1. The van der Waals surface area contributed by atoms with Crippen molar-refractivity contribution in [3.63, 3.8) is 0 Å². The van der Waals surface area contributed by atoms with E-state index in [9.17, 15) is 18.0 Å². The smallest absolute Gasteiger partial charge is 0.360 e. The summed E-state index contributed by atoms with van der Waals surface area (Å²) in [6, 6.07) is 3.11. The highest BCUT2D eigenvalue weighted by Crippen LogP contribution is 2.38. The van der Waals surface area contributed by atoms with Gasteiger partial charge < -0.3 is 10.6 Å². The molecule has 33 heavy (non-hydrogen) atoms. The lowest BCUT2D eigenvalue weighted by Gasteiger charge is -2.17. The summed E-state index contributed by atoms with van der Waals surface area (Å²) in [5.74, 6) is 0.806. The number of hydrogen-bond donors (Lipinski definition) is 2. The molecule has 0 radical (unpaired) electrons. The van der Waals surface area contributed by atoms with Gasteiger partial charge in [0.2, 0.25) is 5.91 Å². The number of carbonyl (C=O) groups is 1. The maximum absolute atomic E-state index is 13.5. The molecule has 0 aliphatic heterocycles. The summed E-state index contributed by atoms with van der Waals surface area (Å²) in [4.78, 5) is 31.5. The zero-order chi connectivity index (χ0) is 23.8. The Morgan fingerprint density at radius 2 is 1.82 bits per heavy atom. The van der Waals surface area contributed by atoms with Gasteiger partial charge in [-0.1, -0.05) is 11.6 Å². The number of hydrogen-bond acceptors (Lipinski definition) is 8. The van der Waals surface area contributed by atoms with Crippen LogP contribution in [0.2, 0.25) is 5.02 Å². The number of nitrogens with zero attached hydrogens (tertiary/aromatic N) is 7. The van der Waals surface area contributed by atoms with E-state index in [0.29, 0.717) is 11.6 Å². The average Bonchev–Trinajstić information content (AvgIpc) is 3.23. The molecule has 1 amide bonds. The Bertz CT molecular complexity index is 1340. The molecule has 0 saturated carbocycles. The van der Waals surface area contributed by atoms with Crippen LogP contribution in [0.1, 0.15) is 31.3 Å². The third-order valence-electron chi connectivity index (χ3n) is 4.50. The second kappa shape index (κ2) is 8.58. The van der Waals surface area contributed by atoms with E-state index in [4.69, 9.17) is 11.6 Å². The molecule has 4 aromatic rings. The first-order valence-corrected chi connectivity index (χ1v) is 9.79. The van der Waals surface area contributed by atoms with Gasteiger partial charge >= 0.3 is 6.18 Å². The average molecular weight is 478 g/mol. The predicted octanol–water partition coefficient (Wildman–Crippen LogP) is 3.80. The first-order chi connectivity index (χ1) is 15.6. The van der Waals surface area contributed by atoms with E-state index < -0.39 is 17.8 Å². The minimum Gasteiger partial charge on any atom is -0.360 e. The lowest BCUT2D eigenvalue weighted by molar-refractivity contribution is -0.136. The molecule has 0 aliphatic carbocycles. The van der Waals surface area contributed by atoms with Crippen LogP contribution in [0.4, 0.5) is 24.8 Å². The molecule has 14 heteroatoms. The molecule has 0 fully saturated rings. The van der Waals surface area contributed by atoms with Gasteiger partial charge in [-0.15, -0.1) is 0 Å². The zero-order valence-electron chi connectivity index (χ0n) is 17.1. The summed E-state index contributed by atoms with van der Waals surface area (Å²) in [5, 5.41) is 9.74. The van der Waals surface area contributed by atoms with Crippen molar-refractivity contribution in [2.75, 3.05) is 10.6 Å². The number of benzene rings is 1. The van der Waals surface area contributed by atoms with Gasteiger partial charge in [0.25, 0.3) is 0 Å². The minimum atomic E-state index is -4.64. The Balaban J connectivity index is 1.70. The molecule has 0 saturated heterocycles. The monoisotopic (exact) mass is 477 g/mol. The van der Waals surface area contributed by atoms with Crippen molar-refractivity contribution < 1.29 is 18.0 Å². The lowest BCUT2D eigenvalue weighted by Crippen LogP contribution is -2.16. The minimum absolute atomic E-state index is 0.102. The number of fused-ring (bicyclic) bond motifs is 1. The van der Waals surface area contributed by atoms with Crippen LogP contribution in [0.5, 0.6) is 0 Å². The largest absolute Gasteiger partial charge is 0.418 e. The first kappa shape index (κ1) is 22.3. The quantitative estimate of drug-likeness (QED) is 0.445. The predicted molar refractivity (Wildman–Crippen MR) is 113 cm³/mol. The van der Waals surface area contributed by atoms with Crippen molar-refractivity contribution in [3.8, 4) is 5.82 Å². The van der Waals surface area contributed by atoms with Crippen molar-refractivity contribution in [3.05, 3.63) is 53.6 Å².